The zero-order valence-electron chi connectivity index (χ0n) is 18.1. The van der Waals surface area contributed by atoms with Gasteiger partial charge >= 0.3 is 0 Å². The Labute approximate surface area is 191 Å². The quantitative estimate of drug-likeness (QED) is 0.135. The number of aromatic amines is 1. The predicted molar refractivity (Wildman–Crippen MR) is 130 cm³/mol. The van der Waals surface area contributed by atoms with Crippen molar-refractivity contribution in [3.63, 3.8) is 0 Å². The molecule has 0 bridgehead atoms. The van der Waals surface area contributed by atoms with Gasteiger partial charge in [0, 0.05) is 43.1 Å². The van der Waals surface area contributed by atoms with Crippen LogP contribution in [0.25, 0.3) is 0 Å². The lowest BCUT2D eigenvalue weighted by molar-refractivity contribution is 0.0954. The van der Waals surface area contributed by atoms with Crippen LogP contribution in [0.5, 0.6) is 0 Å². The molecular weight excluding hydrogens is 420 g/mol. The van der Waals surface area contributed by atoms with Crippen LogP contribution in [-0.4, -0.2) is 33.6 Å². The highest BCUT2D eigenvalue weighted by Crippen LogP contribution is 2.24. The van der Waals surface area contributed by atoms with Crippen molar-refractivity contribution in [2.24, 2.45) is 16.6 Å². The monoisotopic (exact) mass is 448 g/mol. The molecule has 0 saturated heterocycles. The van der Waals surface area contributed by atoms with Crippen molar-refractivity contribution in [1.29, 1.82) is 0 Å². The molecule has 0 unspecified atom stereocenters. The van der Waals surface area contributed by atoms with Crippen LogP contribution in [0.1, 0.15) is 27.2 Å². The topological polar surface area (TPSA) is 199 Å². The minimum absolute atomic E-state index is 0.126. The number of nitrogens with zero attached hydrogens (tertiary/aromatic N) is 3. The molecule has 3 aromatic rings. The summed E-state index contributed by atoms with van der Waals surface area (Å²) in [5, 5.41) is 2.89. The molecule has 0 radical (unpaired) electrons. The molecule has 11 nitrogen and oxygen atoms in total. The summed E-state index contributed by atoms with van der Waals surface area (Å²) in [5.41, 5.74) is 24.5. The number of hydrazine groups is 1. The second-order valence-corrected chi connectivity index (χ2v) is 7.28. The Morgan fingerprint density at radius 3 is 2.67 bits per heavy atom. The SMILES string of the molecule is NC=C(C=NCc1ccc(C(=O)NCCc2cnc[nH]2)cc1)Cc1cc(N)nc(NN)c1N. The summed E-state index contributed by atoms with van der Waals surface area (Å²) >= 11 is 0. The number of allylic oxidation sites excluding steroid dienone is 1. The number of H-pyrrole nitrogens is 1. The summed E-state index contributed by atoms with van der Waals surface area (Å²) in [6.45, 7) is 0.959. The van der Waals surface area contributed by atoms with E-state index < -0.39 is 0 Å². The molecule has 1 amide bonds. The van der Waals surface area contributed by atoms with Crippen LogP contribution >= 0.6 is 0 Å². The Morgan fingerprint density at radius 2 is 2.00 bits per heavy atom. The van der Waals surface area contributed by atoms with Crippen molar-refractivity contribution in [2.45, 2.75) is 19.4 Å². The van der Waals surface area contributed by atoms with E-state index in [4.69, 9.17) is 23.0 Å². The first kappa shape index (κ1) is 23.3. The van der Waals surface area contributed by atoms with Crippen molar-refractivity contribution in [3.05, 3.63) is 77.0 Å². The summed E-state index contributed by atoms with van der Waals surface area (Å²) in [7, 11) is 0. The third-order valence-electron chi connectivity index (χ3n) is 4.89. The molecule has 2 heterocycles. The summed E-state index contributed by atoms with van der Waals surface area (Å²) in [6.07, 6.45) is 7.61. The number of carbonyl (C=O) groups is 1. The highest BCUT2D eigenvalue weighted by Gasteiger charge is 2.09. The van der Waals surface area contributed by atoms with E-state index in [2.05, 4.69) is 30.7 Å². The first-order chi connectivity index (χ1) is 16.0. The Balaban J connectivity index is 1.53. The first-order valence-electron chi connectivity index (χ1n) is 10.3. The number of rotatable bonds is 10. The summed E-state index contributed by atoms with van der Waals surface area (Å²) < 4.78 is 0. The van der Waals surface area contributed by atoms with Gasteiger partial charge in [0.15, 0.2) is 5.82 Å². The Hall–Kier alpha value is -4.38. The lowest BCUT2D eigenvalue weighted by Crippen LogP contribution is -2.25. The maximum Gasteiger partial charge on any atom is 0.251 e. The zero-order chi connectivity index (χ0) is 23.6. The maximum atomic E-state index is 12.3. The van der Waals surface area contributed by atoms with E-state index >= 15 is 0 Å². The lowest BCUT2D eigenvalue weighted by atomic mass is 10.1. The average Bonchev–Trinajstić information content (AvgIpc) is 3.34. The van der Waals surface area contributed by atoms with Crippen molar-refractivity contribution in [3.8, 4) is 0 Å². The van der Waals surface area contributed by atoms with Crippen LogP contribution in [0.4, 0.5) is 17.3 Å². The third kappa shape index (κ3) is 6.55. The number of amides is 1. The molecule has 0 saturated carbocycles. The second kappa shape index (κ2) is 11.3. The number of aromatic nitrogens is 3. The molecule has 0 aliphatic rings. The Morgan fingerprint density at radius 1 is 1.21 bits per heavy atom. The molecule has 0 aliphatic carbocycles. The van der Waals surface area contributed by atoms with E-state index in [9.17, 15) is 4.79 Å². The van der Waals surface area contributed by atoms with Gasteiger partial charge in [0.1, 0.15) is 5.82 Å². The molecule has 3 rings (SSSR count). The fourth-order valence-electron chi connectivity index (χ4n) is 3.12. The highest BCUT2D eigenvalue weighted by molar-refractivity contribution is 5.94. The van der Waals surface area contributed by atoms with Crippen LogP contribution in [-0.2, 0) is 19.4 Å². The number of imidazole rings is 1. The van der Waals surface area contributed by atoms with Crippen molar-refractivity contribution in [1.82, 2.24) is 20.3 Å². The minimum atomic E-state index is -0.126. The Kier molecular flexibility index (Phi) is 7.97. The maximum absolute atomic E-state index is 12.3. The van der Waals surface area contributed by atoms with Gasteiger partial charge in [-0.1, -0.05) is 12.1 Å². The second-order valence-electron chi connectivity index (χ2n) is 7.28. The Bertz CT molecular complexity index is 1120. The number of carbonyl (C=O) groups excluding carboxylic acids is 1. The number of aliphatic imine (C=N–C) groups is 1. The average molecular weight is 449 g/mol. The van der Waals surface area contributed by atoms with Gasteiger partial charge in [0.25, 0.3) is 5.91 Å². The van der Waals surface area contributed by atoms with Crippen LogP contribution in [0.15, 0.2) is 59.6 Å². The first-order valence-corrected chi connectivity index (χ1v) is 10.3. The van der Waals surface area contributed by atoms with Crippen LogP contribution in [0, 0.1) is 0 Å². The largest absolute Gasteiger partial charge is 0.404 e. The van der Waals surface area contributed by atoms with Gasteiger partial charge in [0.05, 0.1) is 18.6 Å². The highest BCUT2D eigenvalue weighted by atomic mass is 16.1. The predicted octanol–water partition coefficient (Wildman–Crippen LogP) is 0.883. The van der Waals surface area contributed by atoms with Gasteiger partial charge in [-0.25, -0.2) is 15.8 Å². The standard InChI is InChI=1S/C22H28N10O/c23-9-15(7-17-8-19(24)31-21(32-26)20(17)25)11-27-10-14-1-3-16(4-2-14)22(33)29-6-5-18-12-28-13-30-18/h1-4,8-9,11-13H,5-7,10,23,25-26H2,(H,28,30)(H,29,33)(H3,24,31,32). The molecule has 0 spiro atoms. The minimum Gasteiger partial charge on any atom is -0.404 e. The van der Waals surface area contributed by atoms with E-state index in [1.807, 2.05) is 12.1 Å². The smallest absolute Gasteiger partial charge is 0.251 e. The summed E-state index contributed by atoms with van der Waals surface area (Å²) in [4.78, 5) is 27.7. The number of benzene rings is 1. The fourth-order valence-corrected chi connectivity index (χ4v) is 3.12. The van der Waals surface area contributed by atoms with Gasteiger partial charge in [-0.15, -0.1) is 0 Å². The third-order valence-corrected chi connectivity index (χ3v) is 4.89. The number of anilines is 3. The molecule has 2 aromatic heterocycles. The molecule has 0 fully saturated rings. The van der Waals surface area contributed by atoms with E-state index in [-0.39, 0.29) is 5.91 Å². The molecule has 11 heteroatoms. The van der Waals surface area contributed by atoms with Crippen LogP contribution in [0.2, 0.25) is 0 Å². The molecule has 33 heavy (non-hydrogen) atoms. The zero-order valence-corrected chi connectivity index (χ0v) is 18.1. The van der Waals surface area contributed by atoms with Crippen molar-refractivity contribution >= 4 is 29.4 Å². The van der Waals surface area contributed by atoms with Crippen LogP contribution < -0.4 is 33.8 Å². The summed E-state index contributed by atoms with van der Waals surface area (Å²) in [6, 6.07) is 8.96. The normalized spacial score (nSPS) is 11.6. The van der Waals surface area contributed by atoms with Gasteiger partial charge in [-0.2, -0.15) is 0 Å². The number of nitrogen functional groups attached to an aromatic ring is 3. The number of hydrogen-bond donors (Lipinski definition) is 7. The van der Waals surface area contributed by atoms with E-state index in [1.165, 1.54) is 6.20 Å². The molecule has 1 aromatic carbocycles. The van der Waals surface area contributed by atoms with E-state index in [0.29, 0.717) is 48.8 Å². The molecule has 11 N–H and O–H groups in total. The van der Waals surface area contributed by atoms with Crippen molar-refractivity contribution in [2.75, 3.05) is 23.4 Å². The fraction of sp³-hybridized carbons (Fsp3) is 0.182. The number of nitrogens with one attached hydrogen (secondary N) is 3. The molecule has 0 aliphatic heterocycles. The van der Waals surface area contributed by atoms with Gasteiger partial charge in [-0.05, 0) is 41.1 Å². The number of pyridine rings is 1. The van der Waals surface area contributed by atoms with Crippen LogP contribution in [0.3, 0.4) is 0 Å². The molecule has 0 atom stereocenters. The van der Waals surface area contributed by atoms with Gasteiger partial charge < -0.3 is 32.9 Å². The van der Waals surface area contributed by atoms with E-state index in [0.717, 1.165) is 22.4 Å². The summed E-state index contributed by atoms with van der Waals surface area (Å²) in [5.74, 6) is 5.91. The van der Waals surface area contributed by atoms with Gasteiger partial charge in [0.2, 0.25) is 0 Å². The molecule has 172 valence electrons. The number of hydrogen-bond acceptors (Lipinski definition) is 9. The molecular formula is C22H28N10O. The number of nitrogens with two attached hydrogens (primary N) is 4. The van der Waals surface area contributed by atoms with E-state index in [1.54, 1.807) is 36.9 Å². The van der Waals surface area contributed by atoms with Crippen molar-refractivity contribution < 1.29 is 4.79 Å². The lowest BCUT2D eigenvalue weighted by Gasteiger charge is -2.11. The van der Waals surface area contributed by atoms with Gasteiger partial charge in [-0.3, -0.25) is 9.79 Å².